The molecule has 0 aliphatic carbocycles. The van der Waals surface area contributed by atoms with E-state index in [9.17, 15) is 19.5 Å². The summed E-state index contributed by atoms with van der Waals surface area (Å²) in [6.07, 6.45) is -3.12. The van der Waals surface area contributed by atoms with Gasteiger partial charge in [0, 0.05) is 44.1 Å². The first-order chi connectivity index (χ1) is 16.6. The van der Waals surface area contributed by atoms with Gasteiger partial charge in [0.05, 0.1) is 12.0 Å². The predicted molar refractivity (Wildman–Crippen MR) is 130 cm³/mol. The molecule has 2 aromatic carbocycles. The first kappa shape index (κ1) is 32.2. The molecule has 0 saturated heterocycles. The van der Waals surface area contributed by atoms with E-state index in [0.717, 1.165) is 11.1 Å². The molecule has 0 bridgehead atoms. The fourth-order valence-corrected chi connectivity index (χ4v) is 3.34. The van der Waals surface area contributed by atoms with E-state index >= 15 is 0 Å². The number of hydrogen-bond acceptors (Lipinski definition) is 8. The number of carbonyl (C=O) groups is 3. The van der Waals surface area contributed by atoms with Crippen LogP contribution in [-0.2, 0) is 41.6 Å². The molecule has 2 aromatic rings. The topological polar surface area (TPSA) is 125 Å². The van der Waals surface area contributed by atoms with Gasteiger partial charge >= 0.3 is 17.9 Å². The molecule has 0 amide bonds. The van der Waals surface area contributed by atoms with Gasteiger partial charge in [0.15, 0.2) is 6.10 Å². The third-order valence-electron chi connectivity index (χ3n) is 5.50. The van der Waals surface area contributed by atoms with Crippen LogP contribution in [0.5, 0.6) is 0 Å². The van der Waals surface area contributed by atoms with Crippen LogP contribution in [0.1, 0.15) is 38.8 Å². The Morgan fingerprint density at radius 1 is 0.806 bits per heavy atom. The zero-order chi connectivity index (χ0) is 26.0. The van der Waals surface area contributed by atoms with Crippen LogP contribution in [0.25, 0.3) is 0 Å². The van der Waals surface area contributed by atoms with Crippen LogP contribution >= 0.6 is 0 Å². The van der Waals surface area contributed by atoms with Gasteiger partial charge in [-0.2, -0.15) is 0 Å². The molecule has 0 aromatic heterocycles. The second kappa shape index (κ2) is 16.1. The second-order valence-corrected chi connectivity index (χ2v) is 8.85. The summed E-state index contributed by atoms with van der Waals surface area (Å²) < 4.78 is 16.7. The minimum absolute atomic E-state index is 0. The first-order valence-electron chi connectivity index (χ1n) is 11.7. The number of rotatable bonds is 12. The van der Waals surface area contributed by atoms with Crippen LogP contribution in [0.3, 0.4) is 0 Å². The Hall–Kier alpha value is -1.79. The zero-order valence-electron chi connectivity index (χ0n) is 21.2. The van der Waals surface area contributed by atoms with Crippen LogP contribution < -0.4 is 5.73 Å². The Bertz CT molecular complexity index is 953. The number of esters is 3. The zero-order valence-corrected chi connectivity index (χ0v) is 25.9. The van der Waals surface area contributed by atoms with Crippen molar-refractivity contribution in [3.05, 3.63) is 71.8 Å². The molecule has 2 rings (SSSR count). The van der Waals surface area contributed by atoms with E-state index in [-0.39, 0.29) is 57.1 Å². The van der Waals surface area contributed by atoms with Gasteiger partial charge in [-0.15, -0.1) is 0 Å². The largest absolute Gasteiger partial charge is 0.460 e. The van der Waals surface area contributed by atoms with E-state index in [1.54, 1.807) is 13.8 Å². The Kier molecular flexibility index (Phi) is 14.5. The Labute approximate surface area is 248 Å². The molecule has 8 nitrogen and oxygen atoms in total. The Morgan fingerprint density at radius 2 is 1.33 bits per heavy atom. The fraction of sp³-hybridized carbons (Fsp3) is 0.444. The molecule has 0 heterocycles. The van der Waals surface area contributed by atoms with Gasteiger partial charge in [-0.1, -0.05) is 74.5 Å². The van der Waals surface area contributed by atoms with Crippen molar-refractivity contribution in [2.45, 2.75) is 65.1 Å². The fourth-order valence-electron chi connectivity index (χ4n) is 3.34. The molecule has 0 saturated carbocycles. The maximum absolute atomic E-state index is 13.3. The number of ether oxygens (including phenoxy) is 3. The number of aliphatic hydroxyl groups excluding tert-OH is 1. The summed E-state index contributed by atoms with van der Waals surface area (Å²) in [5.74, 6) is -3.45. The number of carbonyl (C=O) groups excluding carboxylic acids is 3. The Morgan fingerprint density at radius 3 is 1.83 bits per heavy atom. The maximum Gasteiger partial charge on any atom is 0.326 e. The molecule has 9 heteroatoms. The molecule has 0 fully saturated rings. The Balaban J connectivity index is 0.00000648. The van der Waals surface area contributed by atoms with Crippen LogP contribution in [-0.4, -0.2) is 47.4 Å². The van der Waals surface area contributed by atoms with Gasteiger partial charge in [0.25, 0.3) is 0 Å². The molecule has 0 spiro atoms. The maximum atomic E-state index is 13.3. The summed E-state index contributed by atoms with van der Waals surface area (Å²) in [6.45, 7) is 6.26. The molecule has 5 unspecified atom stereocenters. The van der Waals surface area contributed by atoms with Crippen LogP contribution in [0.4, 0.5) is 0 Å². The van der Waals surface area contributed by atoms with Gasteiger partial charge in [-0.25, -0.2) is 0 Å². The summed E-state index contributed by atoms with van der Waals surface area (Å²) in [6, 6.07) is 17.1. The molecular formula is C27H35AcNO7. The van der Waals surface area contributed by atoms with Gasteiger partial charge in [0.1, 0.15) is 24.7 Å². The van der Waals surface area contributed by atoms with E-state index in [2.05, 4.69) is 0 Å². The number of aliphatic hydroxyl groups is 1. The van der Waals surface area contributed by atoms with Crippen molar-refractivity contribution in [3.63, 3.8) is 0 Å². The molecular weight excluding hydrogens is 677 g/mol. The normalized spacial score (nSPS) is 15.0. The average Bonchev–Trinajstić information content (AvgIpc) is 2.84. The SMILES string of the molecule is CC(C)C(=O)OC(C(C)OC(=O)C(N)C(C)O)C(Cc1ccccc1)C(=O)OCc1ccccc1.[Ac]. The third kappa shape index (κ3) is 10.3. The molecule has 36 heavy (non-hydrogen) atoms. The van der Waals surface area contributed by atoms with E-state index in [0.29, 0.717) is 0 Å². The quantitative estimate of drug-likeness (QED) is 0.255. The smallest absolute Gasteiger partial charge is 0.326 e. The molecule has 3 N–H and O–H groups in total. The van der Waals surface area contributed by atoms with Gasteiger partial charge in [0.2, 0.25) is 0 Å². The van der Waals surface area contributed by atoms with Gasteiger partial charge < -0.3 is 25.1 Å². The summed E-state index contributed by atoms with van der Waals surface area (Å²) in [5, 5.41) is 9.65. The number of nitrogens with two attached hydrogens (primary N) is 1. The van der Waals surface area contributed by atoms with Gasteiger partial charge in [-0.3, -0.25) is 14.4 Å². The van der Waals surface area contributed by atoms with Crippen LogP contribution in [0.2, 0.25) is 0 Å². The van der Waals surface area contributed by atoms with Crippen molar-refractivity contribution in [1.82, 2.24) is 0 Å². The summed E-state index contributed by atoms with van der Waals surface area (Å²) in [7, 11) is 0. The summed E-state index contributed by atoms with van der Waals surface area (Å²) >= 11 is 0. The third-order valence-corrected chi connectivity index (χ3v) is 5.50. The van der Waals surface area contributed by atoms with Gasteiger partial charge in [-0.05, 0) is 31.4 Å². The van der Waals surface area contributed by atoms with Crippen molar-refractivity contribution in [3.8, 4) is 0 Å². The van der Waals surface area contributed by atoms with Crippen molar-refractivity contribution in [2.24, 2.45) is 17.6 Å². The van der Waals surface area contributed by atoms with E-state index in [4.69, 9.17) is 19.9 Å². The first-order valence-corrected chi connectivity index (χ1v) is 11.7. The molecule has 1 radical (unpaired) electrons. The monoisotopic (exact) mass is 712 g/mol. The molecule has 0 aliphatic rings. The molecule has 0 aliphatic heterocycles. The van der Waals surface area contributed by atoms with E-state index in [1.165, 1.54) is 13.8 Å². The van der Waals surface area contributed by atoms with Crippen LogP contribution in [0.15, 0.2) is 60.7 Å². The summed E-state index contributed by atoms with van der Waals surface area (Å²) in [4.78, 5) is 38.3. The standard InChI is InChI=1S/C27H35NO7.Ac/c1-17(2)25(30)35-24(19(4)34-27(32)23(28)18(3)29)22(15-20-11-7-5-8-12-20)26(31)33-16-21-13-9-6-10-14-21;/h5-14,17-19,22-24,29H,15-16,28H2,1-4H3;. The molecule has 193 valence electrons. The minimum atomic E-state index is -1.28. The minimum Gasteiger partial charge on any atom is -0.460 e. The number of hydrogen-bond donors (Lipinski definition) is 2. The number of benzene rings is 2. The van der Waals surface area contributed by atoms with Crippen molar-refractivity contribution in [2.75, 3.05) is 0 Å². The average molecular weight is 713 g/mol. The van der Waals surface area contributed by atoms with Crippen molar-refractivity contribution < 1.29 is 77.8 Å². The van der Waals surface area contributed by atoms with Crippen molar-refractivity contribution >= 4 is 17.9 Å². The van der Waals surface area contributed by atoms with Crippen LogP contribution in [0, 0.1) is 55.9 Å². The van der Waals surface area contributed by atoms with E-state index < -0.39 is 54.1 Å². The molecule has 5 atom stereocenters. The van der Waals surface area contributed by atoms with E-state index in [1.807, 2.05) is 60.7 Å². The summed E-state index contributed by atoms with van der Waals surface area (Å²) in [5.41, 5.74) is 7.33. The second-order valence-electron chi connectivity index (χ2n) is 8.85. The van der Waals surface area contributed by atoms with Crippen molar-refractivity contribution in [1.29, 1.82) is 0 Å². The predicted octanol–water partition coefficient (Wildman–Crippen LogP) is 2.80.